The maximum atomic E-state index is 12.1. The zero-order chi connectivity index (χ0) is 12.1. The minimum Gasteiger partial charge on any atom is -0.344 e. The quantitative estimate of drug-likeness (QED) is 0.814. The second-order valence-corrected chi connectivity index (χ2v) is 5.70. The maximum Gasteiger partial charge on any atom is 0.239 e. The molecule has 2 aliphatic rings. The average Bonchev–Trinajstić information content (AvgIpc) is 2.90. The van der Waals surface area contributed by atoms with Crippen LogP contribution in [-0.2, 0) is 4.79 Å². The van der Waals surface area contributed by atoms with Gasteiger partial charge in [0.1, 0.15) is 0 Å². The van der Waals surface area contributed by atoms with E-state index in [-0.39, 0.29) is 6.04 Å². The van der Waals surface area contributed by atoms with Crippen molar-refractivity contribution in [3.8, 4) is 0 Å². The topological polar surface area (TPSA) is 32.3 Å². The van der Waals surface area contributed by atoms with Crippen molar-refractivity contribution in [3.05, 3.63) is 0 Å². The summed E-state index contributed by atoms with van der Waals surface area (Å²) in [6, 6.07) is 0.103. The summed E-state index contributed by atoms with van der Waals surface area (Å²) in [7, 11) is 1.96. The normalized spacial score (nSPS) is 26.1. The van der Waals surface area contributed by atoms with Crippen LogP contribution in [0.1, 0.15) is 51.4 Å². The molecule has 0 aromatic rings. The summed E-state index contributed by atoms with van der Waals surface area (Å²) in [6.07, 6.45) is 10.3. The third-order valence-corrected chi connectivity index (χ3v) is 4.33. The van der Waals surface area contributed by atoms with Gasteiger partial charge >= 0.3 is 0 Å². The molecule has 2 fully saturated rings. The molecule has 17 heavy (non-hydrogen) atoms. The molecule has 1 atom stereocenters. The summed E-state index contributed by atoms with van der Waals surface area (Å²) in [5, 5.41) is 3.28. The Kier molecular flexibility index (Phi) is 4.84. The van der Waals surface area contributed by atoms with Crippen molar-refractivity contribution in [2.24, 2.45) is 5.92 Å². The predicted molar refractivity (Wildman–Crippen MR) is 69.9 cm³/mol. The van der Waals surface area contributed by atoms with Crippen LogP contribution in [0.25, 0.3) is 0 Å². The van der Waals surface area contributed by atoms with E-state index in [0.29, 0.717) is 5.91 Å². The number of likely N-dealkylation sites (N-methyl/N-ethyl adjacent to an activating group) is 1. The van der Waals surface area contributed by atoms with Crippen molar-refractivity contribution in [3.63, 3.8) is 0 Å². The number of nitrogens with zero attached hydrogens (tertiary/aromatic N) is 1. The van der Waals surface area contributed by atoms with Crippen LogP contribution in [0.2, 0.25) is 0 Å². The molecule has 3 heteroatoms. The van der Waals surface area contributed by atoms with Crippen LogP contribution >= 0.6 is 0 Å². The SMILES string of the molecule is CN(CCC1CCCCC1)C(=O)C1CCCN1. The summed E-state index contributed by atoms with van der Waals surface area (Å²) in [6.45, 7) is 1.95. The highest BCUT2D eigenvalue weighted by Gasteiger charge is 2.25. The molecule has 0 aromatic heterocycles. The van der Waals surface area contributed by atoms with E-state index in [1.807, 2.05) is 11.9 Å². The Balaban J connectivity index is 1.68. The number of carbonyl (C=O) groups is 1. The molecular formula is C14H26N2O. The van der Waals surface area contributed by atoms with E-state index in [1.54, 1.807) is 0 Å². The summed E-state index contributed by atoms with van der Waals surface area (Å²) in [4.78, 5) is 14.0. The van der Waals surface area contributed by atoms with Gasteiger partial charge in [0, 0.05) is 13.6 Å². The molecule has 1 N–H and O–H groups in total. The van der Waals surface area contributed by atoms with E-state index in [0.717, 1.165) is 31.8 Å². The largest absolute Gasteiger partial charge is 0.344 e. The summed E-state index contributed by atoms with van der Waals surface area (Å²) in [5.41, 5.74) is 0. The van der Waals surface area contributed by atoms with Crippen LogP contribution in [0.5, 0.6) is 0 Å². The Labute approximate surface area is 105 Å². The highest BCUT2D eigenvalue weighted by Crippen LogP contribution is 2.26. The Morgan fingerprint density at radius 2 is 1.94 bits per heavy atom. The van der Waals surface area contributed by atoms with E-state index in [9.17, 15) is 4.79 Å². The van der Waals surface area contributed by atoms with Gasteiger partial charge in [0.25, 0.3) is 0 Å². The van der Waals surface area contributed by atoms with Gasteiger partial charge in [0.2, 0.25) is 5.91 Å². The second kappa shape index (κ2) is 6.39. The fourth-order valence-corrected chi connectivity index (χ4v) is 3.12. The highest BCUT2D eigenvalue weighted by molar-refractivity contribution is 5.81. The van der Waals surface area contributed by atoms with Crippen molar-refractivity contribution < 1.29 is 4.79 Å². The molecule has 0 aromatic carbocycles. The molecule has 1 aliphatic carbocycles. The van der Waals surface area contributed by atoms with Crippen LogP contribution in [0.15, 0.2) is 0 Å². The van der Waals surface area contributed by atoms with Gasteiger partial charge in [0.15, 0.2) is 0 Å². The number of hydrogen-bond acceptors (Lipinski definition) is 2. The average molecular weight is 238 g/mol. The third kappa shape index (κ3) is 3.70. The Bertz CT molecular complexity index is 243. The Morgan fingerprint density at radius 3 is 2.59 bits per heavy atom. The van der Waals surface area contributed by atoms with Crippen molar-refractivity contribution in [2.45, 2.75) is 57.4 Å². The smallest absolute Gasteiger partial charge is 0.239 e. The van der Waals surface area contributed by atoms with Crippen LogP contribution in [-0.4, -0.2) is 37.0 Å². The summed E-state index contributed by atoms with van der Waals surface area (Å²) < 4.78 is 0. The van der Waals surface area contributed by atoms with Crippen LogP contribution in [0.4, 0.5) is 0 Å². The van der Waals surface area contributed by atoms with E-state index in [2.05, 4.69) is 5.32 Å². The first kappa shape index (κ1) is 12.9. The number of nitrogens with one attached hydrogen (secondary N) is 1. The van der Waals surface area contributed by atoms with Crippen LogP contribution in [0, 0.1) is 5.92 Å². The predicted octanol–water partition coefficient (Wildman–Crippen LogP) is 2.17. The fourth-order valence-electron chi connectivity index (χ4n) is 3.12. The highest BCUT2D eigenvalue weighted by atomic mass is 16.2. The minimum atomic E-state index is 0.103. The van der Waals surface area contributed by atoms with E-state index in [4.69, 9.17) is 0 Å². The molecule has 1 saturated carbocycles. The lowest BCUT2D eigenvalue weighted by Crippen LogP contribution is -2.42. The molecule has 1 saturated heterocycles. The van der Waals surface area contributed by atoms with Gasteiger partial charge in [-0.15, -0.1) is 0 Å². The first-order valence-corrected chi connectivity index (χ1v) is 7.26. The molecular weight excluding hydrogens is 212 g/mol. The zero-order valence-electron chi connectivity index (χ0n) is 11.1. The monoisotopic (exact) mass is 238 g/mol. The number of rotatable bonds is 4. The van der Waals surface area contributed by atoms with Gasteiger partial charge in [0.05, 0.1) is 6.04 Å². The lowest BCUT2D eigenvalue weighted by molar-refractivity contribution is -0.131. The summed E-state index contributed by atoms with van der Waals surface area (Å²) >= 11 is 0. The molecule has 3 nitrogen and oxygen atoms in total. The molecule has 1 amide bonds. The Morgan fingerprint density at radius 1 is 1.18 bits per heavy atom. The lowest BCUT2D eigenvalue weighted by atomic mass is 9.87. The molecule has 0 radical (unpaired) electrons. The minimum absolute atomic E-state index is 0.103. The van der Waals surface area contributed by atoms with E-state index in [1.165, 1.54) is 38.5 Å². The van der Waals surface area contributed by atoms with Crippen molar-refractivity contribution in [1.82, 2.24) is 10.2 Å². The Hall–Kier alpha value is -0.570. The van der Waals surface area contributed by atoms with Gasteiger partial charge in [-0.2, -0.15) is 0 Å². The number of carbonyl (C=O) groups excluding carboxylic acids is 1. The molecule has 0 spiro atoms. The van der Waals surface area contributed by atoms with Crippen LogP contribution < -0.4 is 5.32 Å². The molecule has 0 bridgehead atoms. The molecule has 2 rings (SSSR count). The van der Waals surface area contributed by atoms with Gasteiger partial charge in [-0.25, -0.2) is 0 Å². The second-order valence-electron chi connectivity index (χ2n) is 5.70. The number of amides is 1. The molecule has 1 heterocycles. The maximum absolute atomic E-state index is 12.1. The first-order valence-electron chi connectivity index (χ1n) is 7.26. The van der Waals surface area contributed by atoms with Gasteiger partial charge in [-0.3, -0.25) is 4.79 Å². The van der Waals surface area contributed by atoms with E-state index >= 15 is 0 Å². The standard InChI is InChI=1S/C14H26N2O/c1-16(14(17)13-8-5-10-15-13)11-9-12-6-3-2-4-7-12/h12-13,15H,2-11H2,1H3. The zero-order valence-corrected chi connectivity index (χ0v) is 11.1. The van der Waals surface area contributed by atoms with E-state index < -0.39 is 0 Å². The molecule has 1 unspecified atom stereocenters. The first-order chi connectivity index (χ1) is 8.27. The van der Waals surface area contributed by atoms with Gasteiger partial charge in [-0.05, 0) is 31.7 Å². The molecule has 1 aliphatic heterocycles. The number of hydrogen-bond donors (Lipinski definition) is 1. The van der Waals surface area contributed by atoms with Gasteiger partial charge < -0.3 is 10.2 Å². The fraction of sp³-hybridized carbons (Fsp3) is 0.929. The summed E-state index contributed by atoms with van der Waals surface area (Å²) in [5.74, 6) is 1.17. The third-order valence-electron chi connectivity index (χ3n) is 4.33. The van der Waals surface area contributed by atoms with Crippen molar-refractivity contribution in [2.75, 3.05) is 20.1 Å². The lowest BCUT2D eigenvalue weighted by Gasteiger charge is -2.26. The van der Waals surface area contributed by atoms with Gasteiger partial charge in [-0.1, -0.05) is 32.1 Å². The van der Waals surface area contributed by atoms with Crippen molar-refractivity contribution in [1.29, 1.82) is 0 Å². The molecule has 98 valence electrons. The van der Waals surface area contributed by atoms with Crippen LogP contribution in [0.3, 0.4) is 0 Å². The van der Waals surface area contributed by atoms with Crippen molar-refractivity contribution >= 4 is 5.91 Å².